The van der Waals surface area contributed by atoms with Crippen molar-refractivity contribution in [2.24, 2.45) is 0 Å². The summed E-state index contributed by atoms with van der Waals surface area (Å²) in [5.74, 6) is 0. The zero-order valence-corrected chi connectivity index (χ0v) is 6.64. The number of aromatic nitrogens is 1. The van der Waals surface area contributed by atoms with Crippen molar-refractivity contribution >= 4 is 17.8 Å². The van der Waals surface area contributed by atoms with Crippen LogP contribution >= 0.6 is 11.8 Å². The second-order valence-corrected chi connectivity index (χ2v) is 2.54. The minimum atomic E-state index is 1.01. The second kappa shape index (κ2) is 4.12. The van der Waals surface area contributed by atoms with Crippen LogP contribution in [0.4, 0.5) is 0 Å². The highest BCUT2D eigenvalue weighted by molar-refractivity contribution is 8.01. The van der Waals surface area contributed by atoms with Gasteiger partial charge < -0.3 is 0 Å². The largest absolute Gasteiger partial charge is 0.257 e. The third kappa shape index (κ3) is 2.23. The maximum Gasteiger partial charge on any atom is 0.0634 e. The minimum absolute atomic E-state index is 1.01. The summed E-state index contributed by atoms with van der Waals surface area (Å²) in [5, 5.41) is 2.02. The minimum Gasteiger partial charge on any atom is -0.257 e. The molecule has 1 heterocycles. The van der Waals surface area contributed by atoms with Gasteiger partial charge in [0, 0.05) is 6.20 Å². The van der Waals surface area contributed by atoms with Crippen LogP contribution in [0.1, 0.15) is 5.69 Å². The van der Waals surface area contributed by atoms with E-state index in [0.29, 0.717) is 0 Å². The molecule has 0 N–H and O–H groups in total. The molecule has 1 aromatic rings. The summed E-state index contributed by atoms with van der Waals surface area (Å²) in [6.07, 6.45) is 5.81. The molecule has 0 saturated heterocycles. The van der Waals surface area contributed by atoms with Crippen LogP contribution in [0.3, 0.4) is 0 Å². The highest BCUT2D eigenvalue weighted by atomic mass is 32.2. The molecule has 0 aromatic carbocycles. The summed E-state index contributed by atoms with van der Waals surface area (Å²) in [5.41, 5.74) is 1.01. The van der Waals surface area contributed by atoms with Crippen molar-refractivity contribution in [3.05, 3.63) is 35.5 Å². The van der Waals surface area contributed by atoms with Crippen molar-refractivity contribution in [2.45, 2.75) is 0 Å². The molecule has 1 nitrogen and oxygen atoms in total. The van der Waals surface area contributed by atoms with Gasteiger partial charge in [0.1, 0.15) is 0 Å². The molecule has 2 heteroatoms. The first-order valence-electron chi connectivity index (χ1n) is 3.04. The average Bonchev–Trinajstić information content (AvgIpc) is 2.03. The first kappa shape index (κ1) is 7.35. The van der Waals surface area contributed by atoms with Crippen molar-refractivity contribution in [3.63, 3.8) is 0 Å². The first-order valence-corrected chi connectivity index (χ1v) is 4.32. The quantitative estimate of drug-likeness (QED) is 0.643. The molecule has 0 aliphatic rings. The van der Waals surface area contributed by atoms with Crippen molar-refractivity contribution in [1.29, 1.82) is 0 Å². The van der Waals surface area contributed by atoms with Crippen molar-refractivity contribution < 1.29 is 0 Å². The molecule has 0 atom stereocenters. The SMILES string of the molecule is CS/C=C/c1ccccn1. The Kier molecular flexibility index (Phi) is 3.03. The molecule has 0 aliphatic carbocycles. The van der Waals surface area contributed by atoms with Gasteiger partial charge in [-0.05, 0) is 29.9 Å². The standard InChI is InChI=1S/C8H9NS/c1-10-7-5-8-4-2-3-6-9-8/h2-7H,1H3/b7-5+. The van der Waals surface area contributed by atoms with Gasteiger partial charge in [-0.3, -0.25) is 4.98 Å². The third-order valence-electron chi connectivity index (χ3n) is 1.06. The maximum absolute atomic E-state index is 4.12. The normalized spacial score (nSPS) is 10.5. The van der Waals surface area contributed by atoms with E-state index >= 15 is 0 Å². The molecule has 0 aliphatic heterocycles. The Morgan fingerprint density at radius 1 is 1.50 bits per heavy atom. The molecule has 0 unspecified atom stereocenters. The average molecular weight is 151 g/mol. The van der Waals surface area contributed by atoms with E-state index in [2.05, 4.69) is 4.98 Å². The van der Waals surface area contributed by atoms with Gasteiger partial charge in [0.25, 0.3) is 0 Å². The number of hydrogen-bond acceptors (Lipinski definition) is 2. The smallest absolute Gasteiger partial charge is 0.0634 e. The number of rotatable bonds is 2. The Balaban J connectivity index is 2.67. The fourth-order valence-corrected chi connectivity index (χ4v) is 0.888. The van der Waals surface area contributed by atoms with E-state index in [0.717, 1.165) is 5.69 Å². The molecule has 0 spiro atoms. The molecule has 0 saturated carbocycles. The van der Waals surface area contributed by atoms with Crippen LogP contribution in [0.5, 0.6) is 0 Å². The molecule has 0 fully saturated rings. The lowest BCUT2D eigenvalue weighted by atomic mass is 10.3. The van der Waals surface area contributed by atoms with Gasteiger partial charge >= 0.3 is 0 Å². The number of pyridine rings is 1. The van der Waals surface area contributed by atoms with Crippen molar-refractivity contribution in [2.75, 3.05) is 6.26 Å². The van der Waals surface area contributed by atoms with E-state index < -0.39 is 0 Å². The lowest BCUT2D eigenvalue weighted by Gasteiger charge is -1.87. The highest BCUT2D eigenvalue weighted by Crippen LogP contribution is 2.01. The second-order valence-electron chi connectivity index (χ2n) is 1.79. The number of hydrogen-bond donors (Lipinski definition) is 0. The molecule has 52 valence electrons. The molecule has 1 aromatic heterocycles. The molecule has 1 rings (SSSR count). The van der Waals surface area contributed by atoms with Crippen LogP contribution in [-0.2, 0) is 0 Å². The van der Waals surface area contributed by atoms with Gasteiger partial charge in [-0.2, -0.15) is 0 Å². The Morgan fingerprint density at radius 2 is 2.40 bits per heavy atom. The molecule has 0 radical (unpaired) electrons. The number of thioether (sulfide) groups is 1. The summed E-state index contributed by atoms with van der Waals surface area (Å²) in [4.78, 5) is 4.12. The van der Waals surface area contributed by atoms with E-state index in [1.807, 2.05) is 35.9 Å². The lowest BCUT2D eigenvalue weighted by Crippen LogP contribution is -1.74. The van der Waals surface area contributed by atoms with Crippen molar-refractivity contribution in [1.82, 2.24) is 4.98 Å². The van der Waals surface area contributed by atoms with E-state index in [4.69, 9.17) is 0 Å². The highest BCUT2D eigenvalue weighted by Gasteiger charge is 1.80. The topological polar surface area (TPSA) is 12.9 Å². The monoisotopic (exact) mass is 151 g/mol. The van der Waals surface area contributed by atoms with Gasteiger partial charge in [-0.25, -0.2) is 0 Å². The summed E-state index contributed by atoms with van der Waals surface area (Å²) < 4.78 is 0. The Labute approximate surface area is 65.2 Å². The van der Waals surface area contributed by atoms with E-state index in [1.54, 1.807) is 18.0 Å². The van der Waals surface area contributed by atoms with E-state index in [-0.39, 0.29) is 0 Å². The predicted octanol–water partition coefficient (Wildman–Crippen LogP) is 2.42. The van der Waals surface area contributed by atoms with Crippen molar-refractivity contribution in [3.8, 4) is 0 Å². The summed E-state index contributed by atoms with van der Waals surface area (Å²) in [6.45, 7) is 0. The van der Waals surface area contributed by atoms with Crippen LogP contribution in [0.15, 0.2) is 29.8 Å². The van der Waals surface area contributed by atoms with Gasteiger partial charge in [0.2, 0.25) is 0 Å². The third-order valence-corrected chi connectivity index (χ3v) is 1.47. The van der Waals surface area contributed by atoms with Gasteiger partial charge in [0.15, 0.2) is 0 Å². The summed E-state index contributed by atoms with van der Waals surface area (Å²) in [6, 6.07) is 5.87. The Bertz CT molecular complexity index is 206. The molecule has 10 heavy (non-hydrogen) atoms. The van der Waals surface area contributed by atoms with Gasteiger partial charge in [-0.1, -0.05) is 6.07 Å². The van der Waals surface area contributed by atoms with Crippen LogP contribution in [0.2, 0.25) is 0 Å². The maximum atomic E-state index is 4.12. The summed E-state index contributed by atoms with van der Waals surface area (Å²) in [7, 11) is 0. The van der Waals surface area contributed by atoms with Crippen LogP contribution < -0.4 is 0 Å². The fraction of sp³-hybridized carbons (Fsp3) is 0.125. The van der Waals surface area contributed by atoms with Crippen LogP contribution in [-0.4, -0.2) is 11.2 Å². The number of nitrogens with zero attached hydrogens (tertiary/aromatic N) is 1. The van der Waals surface area contributed by atoms with Crippen LogP contribution in [0.25, 0.3) is 6.08 Å². The fourth-order valence-electron chi connectivity index (χ4n) is 0.612. The van der Waals surface area contributed by atoms with Gasteiger partial charge in [-0.15, -0.1) is 11.8 Å². The van der Waals surface area contributed by atoms with E-state index in [1.165, 1.54) is 0 Å². The van der Waals surface area contributed by atoms with Crippen LogP contribution in [0, 0.1) is 0 Å². The van der Waals surface area contributed by atoms with E-state index in [9.17, 15) is 0 Å². The lowest BCUT2D eigenvalue weighted by molar-refractivity contribution is 1.30. The predicted molar refractivity (Wildman–Crippen MR) is 46.8 cm³/mol. The molecule has 0 amide bonds. The summed E-state index contributed by atoms with van der Waals surface area (Å²) >= 11 is 1.68. The Morgan fingerprint density at radius 3 is 3.00 bits per heavy atom. The first-order chi connectivity index (χ1) is 4.93. The zero-order chi connectivity index (χ0) is 7.23. The van der Waals surface area contributed by atoms with Gasteiger partial charge in [0.05, 0.1) is 5.69 Å². The zero-order valence-electron chi connectivity index (χ0n) is 5.82. The molecular weight excluding hydrogens is 142 g/mol. The Hall–Kier alpha value is -0.760. The molecular formula is C8H9NS. The molecule has 0 bridgehead atoms.